The molecule has 0 saturated heterocycles. The van der Waals surface area contributed by atoms with Crippen molar-refractivity contribution in [1.82, 2.24) is 25.4 Å². The fraction of sp³-hybridized carbons (Fsp3) is 0.348. The van der Waals surface area contributed by atoms with Crippen LogP contribution in [0.3, 0.4) is 0 Å². The molecule has 0 aliphatic carbocycles. The highest BCUT2D eigenvalue weighted by atomic mass is 127. The number of hydrogen-bond donors (Lipinski definition) is 2. The summed E-state index contributed by atoms with van der Waals surface area (Å²) >= 11 is 0. The zero-order chi connectivity index (χ0) is 19.9. The van der Waals surface area contributed by atoms with Crippen molar-refractivity contribution < 1.29 is 0 Å². The lowest BCUT2D eigenvalue weighted by Crippen LogP contribution is -2.39. The van der Waals surface area contributed by atoms with Crippen LogP contribution in [0, 0.1) is 0 Å². The Morgan fingerprint density at radius 3 is 2.27 bits per heavy atom. The zero-order valence-electron chi connectivity index (χ0n) is 17.3. The summed E-state index contributed by atoms with van der Waals surface area (Å²) in [5.41, 5.74) is 2.57. The Bertz CT molecular complexity index is 899. The Kier molecular flexibility index (Phi) is 8.24. The van der Waals surface area contributed by atoms with Gasteiger partial charge in [0.1, 0.15) is 5.82 Å². The second kappa shape index (κ2) is 11.1. The smallest absolute Gasteiger partial charge is 0.191 e. The van der Waals surface area contributed by atoms with Gasteiger partial charge < -0.3 is 15.2 Å². The summed E-state index contributed by atoms with van der Waals surface area (Å²) in [4.78, 5) is 4.40. The molecule has 1 aromatic heterocycles. The van der Waals surface area contributed by atoms with Gasteiger partial charge in [0.15, 0.2) is 11.8 Å². The van der Waals surface area contributed by atoms with Crippen LogP contribution in [0.2, 0.25) is 0 Å². The zero-order valence-corrected chi connectivity index (χ0v) is 19.6. The number of nitrogens with one attached hydrogen (secondary N) is 2. The van der Waals surface area contributed by atoms with Crippen molar-refractivity contribution in [1.29, 1.82) is 0 Å². The van der Waals surface area contributed by atoms with Gasteiger partial charge in [-0.3, -0.25) is 4.99 Å². The molecule has 0 radical (unpaired) electrons. The maximum Gasteiger partial charge on any atom is 0.191 e. The first-order valence-corrected chi connectivity index (χ1v) is 10.3. The molecular formula is C23H29IN6. The molecule has 6 nitrogen and oxygen atoms in total. The Balaban J connectivity index is 0.00000256. The summed E-state index contributed by atoms with van der Waals surface area (Å²) in [5.74, 6) is 3.10. The van der Waals surface area contributed by atoms with Gasteiger partial charge in [-0.2, -0.15) is 0 Å². The van der Waals surface area contributed by atoms with Crippen LogP contribution < -0.4 is 10.6 Å². The molecule has 2 N–H and O–H groups in total. The van der Waals surface area contributed by atoms with Crippen LogP contribution in [-0.2, 0) is 19.5 Å². The van der Waals surface area contributed by atoms with E-state index in [1.54, 1.807) is 7.05 Å². The van der Waals surface area contributed by atoms with Gasteiger partial charge in [-0.15, -0.1) is 34.2 Å². The first-order valence-electron chi connectivity index (χ1n) is 10.3. The van der Waals surface area contributed by atoms with Crippen molar-refractivity contribution in [2.75, 3.05) is 13.6 Å². The van der Waals surface area contributed by atoms with Crippen LogP contribution >= 0.6 is 24.0 Å². The number of aliphatic imine (C=N–C) groups is 1. The average Bonchev–Trinajstić information content (AvgIpc) is 3.21. The number of rotatable bonds is 6. The maximum atomic E-state index is 4.40. The van der Waals surface area contributed by atoms with E-state index in [2.05, 4.69) is 91.1 Å². The highest BCUT2D eigenvalue weighted by Gasteiger charge is 2.17. The SMILES string of the molecule is CN=C(NCc1nnc2n1CCCC2)NCC(c1ccccc1)c1ccccc1.I. The molecule has 1 aliphatic rings. The number of nitrogens with zero attached hydrogens (tertiary/aromatic N) is 4. The molecule has 2 heterocycles. The predicted octanol–water partition coefficient (Wildman–Crippen LogP) is 3.73. The highest BCUT2D eigenvalue weighted by Crippen LogP contribution is 2.23. The third-order valence-electron chi connectivity index (χ3n) is 5.45. The first-order chi connectivity index (χ1) is 14.3. The van der Waals surface area contributed by atoms with Gasteiger partial charge in [0.2, 0.25) is 0 Å². The Morgan fingerprint density at radius 2 is 1.63 bits per heavy atom. The number of halogens is 1. The Morgan fingerprint density at radius 1 is 0.967 bits per heavy atom. The van der Waals surface area contributed by atoms with Gasteiger partial charge >= 0.3 is 0 Å². The summed E-state index contributed by atoms with van der Waals surface area (Å²) in [6, 6.07) is 21.2. The number of aromatic nitrogens is 3. The van der Waals surface area contributed by atoms with E-state index in [-0.39, 0.29) is 29.9 Å². The molecular weight excluding hydrogens is 487 g/mol. The lowest BCUT2D eigenvalue weighted by molar-refractivity contribution is 0.504. The molecule has 158 valence electrons. The number of aryl methyl sites for hydroxylation is 1. The molecule has 0 atom stereocenters. The number of guanidine groups is 1. The van der Waals surface area contributed by atoms with E-state index < -0.39 is 0 Å². The molecule has 0 spiro atoms. The summed E-state index contributed by atoms with van der Waals surface area (Å²) in [5, 5.41) is 15.6. The van der Waals surface area contributed by atoms with Crippen molar-refractivity contribution in [2.24, 2.45) is 4.99 Å². The fourth-order valence-corrected chi connectivity index (χ4v) is 3.88. The molecule has 3 aromatic rings. The van der Waals surface area contributed by atoms with E-state index in [1.807, 2.05) is 0 Å². The minimum absolute atomic E-state index is 0. The van der Waals surface area contributed by atoms with Crippen LogP contribution in [0.5, 0.6) is 0 Å². The van der Waals surface area contributed by atoms with Crippen molar-refractivity contribution in [3.63, 3.8) is 0 Å². The fourth-order valence-electron chi connectivity index (χ4n) is 3.88. The molecule has 7 heteroatoms. The van der Waals surface area contributed by atoms with E-state index in [0.29, 0.717) is 6.54 Å². The van der Waals surface area contributed by atoms with Crippen molar-refractivity contribution in [2.45, 2.75) is 38.3 Å². The second-order valence-electron chi connectivity index (χ2n) is 7.32. The number of hydrogen-bond acceptors (Lipinski definition) is 3. The molecule has 0 saturated carbocycles. The molecule has 2 aromatic carbocycles. The Labute approximate surface area is 195 Å². The quantitative estimate of drug-likeness (QED) is 0.298. The average molecular weight is 516 g/mol. The second-order valence-corrected chi connectivity index (χ2v) is 7.32. The lowest BCUT2D eigenvalue weighted by Gasteiger charge is -2.21. The van der Waals surface area contributed by atoms with E-state index >= 15 is 0 Å². The van der Waals surface area contributed by atoms with Crippen LogP contribution in [0.15, 0.2) is 65.7 Å². The van der Waals surface area contributed by atoms with Crippen LogP contribution in [0.25, 0.3) is 0 Å². The standard InChI is InChI=1S/C23H28N6.HI/c1-24-23(26-17-22-28-27-21-14-8-9-15-29(21)22)25-16-20(18-10-4-2-5-11-18)19-12-6-3-7-13-19;/h2-7,10-13,20H,8-9,14-17H2,1H3,(H2,24,25,26);1H. The summed E-state index contributed by atoms with van der Waals surface area (Å²) in [6.45, 7) is 2.38. The Hall–Kier alpha value is -2.42. The van der Waals surface area contributed by atoms with Gasteiger partial charge in [0.05, 0.1) is 6.54 Å². The summed E-state index contributed by atoms with van der Waals surface area (Å²) < 4.78 is 2.24. The van der Waals surface area contributed by atoms with Crippen molar-refractivity contribution >= 4 is 29.9 Å². The molecule has 30 heavy (non-hydrogen) atoms. The van der Waals surface area contributed by atoms with Crippen LogP contribution in [0.1, 0.15) is 41.5 Å². The number of benzene rings is 2. The molecule has 0 bridgehead atoms. The molecule has 0 amide bonds. The van der Waals surface area contributed by atoms with Gasteiger partial charge in [-0.25, -0.2) is 0 Å². The highest BCUT2D eigenvalue weighted by molar-refractivity contribution is 14.0. The molecule has 1 aliphatic heterocycles. The van der Waals surface area contributed by atoms with Gasteiger partial charge in [0.25, 0.3) is 0 Å². The normalized spacial score (nSPS) is 13.5. The molecule has 0 unspecified atom stereocenters. The van der Waals surface area contributed by atoms with Crippen LogP contribution in [0.4, 0.5) is 0 Å². The van der Waals surface area contributed by atoms with Crippen molar-refractivity contribution in [3.8, 4) is 0 Å². The molecule has 4 rings (SSSR count). The topological polar surface area (TPSA) is 67.1 Å². The van der Waals surface area contributed by atoms with Gasteiger partial charge in [-0.1, -0.05) is 60.7 Å². The van der Waals surface area contributed by atoms with E-state index in [1.165, 1.54) is 24.0 Å². The van der Waals surface area contributed by atoms with E-state index in [0.717, 1.165) is 37.1 Å². The third-order valence-corrected chi connectivity index (χ3v) is 5.45. The first kappa shape index (κ1) is 22.3. The lowest BCUT2D eigenvalue weighted by atomic mass is 9.91. The summed E-state index contributed by atoms with van der Waals surface area (Å²) in [7, 11) is 1.80. The van der Waals surface area contributed by atoms with Crippen LogP contribution in [-0.4, -0.2) is 34.3 Å². The monoisotopic (exact) mass is 516 g/mol. The minimum atomic E-state index is 0. The largest absolute Gasteiger partial charge is 0.355 e. The third kappa shape index (κ3) is 5.38. The minimum Gasteiger partial charge on any atom is -0.355 e. The summed E-state index contributed by atoms with van der Waals surface area (Å²) in [6.07, 6.45) is 3.42. The number of fused-ring (bicyclic) bond motifs is 1. The van der Waals surface area contributed by atoms with Gasteiger partial charge in [0, 0.05) is 32.5 Å². The predicted molar refractivity (Wildman–Crippen MR) is 131 cm³/mol. The van der Waals surface area contributed by atoms with Crippen molar-refractivity contribution in [3.05, 3.63) is 83.4 Å². The van der Waals surface area contributed by atoms with E-state index in [9.17, 15) is 0 Å². The van der Waals surface area contributed by atoms with E-state index in [4.69, 9.17) is 0 Å². The maximum absolute atomic E-state index is 4.40. The van der Waals surface area contributed by atoms with Gasteiger partial charge in [-0.05, 0) is 24.0 Å². The molecule has 0 fully saturated rings.